The molecular formula is C9H14N3O2P3. The van der Waals surface area contributed by atoms with Crippen molar-refractivity contribution < 1.29 is 9.57 Å². The topological polar surface area (TPSA) is 49.1 Å². The van der Waals surface area contributed by atoms with Gasteiger partial charge < -0.3 is 9.57 Å². The first-order chi connectivity index (χ1) is 8.40. The Morgan fingerprint density at radius 3 is 2.65 bits per heavy atom. The van der Waals surface area contributed by atoms with Crippen molar-refractivity contribution in [3.63, 3.8) is 0 Å². The lowest BCUT2D eigenvalue weighted by molar-refractivity contribution is 0.146. The molecule has 3 unspecified atom stereocenters. The first-order valence-corrected chi connectivity index (χ1v) is 8.24. The van der Waals surface area contributed by atoms with Crippen molar-refractivity contribution in [2.45, 2.75) is 12.5 Å². The van der Waals surface area contributed by atoms with Crippen LogP contribution in [0.1, 0.15) is 5.56 Å². The van der Waals surface area contributed by atoms with E-state index in [1.54, 1.807) is 0 Å². The van der Waals surface area contributed by atoms with Gasteiger partial charge in [0.05, 0.1) is 30.5 Å². The number of epoxide rings is 1. The van der Waals surface area contributed by atoms with E-state index in [-0.39, 0.29) is 0 Å². The molecule has 0 aliphatic carbocycles. The maximum absolute atomic E-state index is 5.74. The maximum Gasteiger partial charge on any atom is 0.148 e. The summed E-state index contributed by atoms with van der Waals surface area (Å²) >= 11 is 0. The smallest absolute Gasteiger partial charge is 0.148 e. The molecule has 2 aliphatic rings. The molecule has 2 N–H and O–H groups in total. The van der Waals surface area contributed by atoms with Crippen molar-refractivity contribution in [1.29, 1.82) is 0 Å². The molecule has 92 valence electrons. The van der Waals surface area contributed by atoms with Crippen molar-refractivity contribution >= 4 is 26.6 Å². The van der Waals surface area contributed by atoms with E-state index in [9.17, 15) is 0 Å². The summed E-state index contributed by atoms with van der Waals surface area (Å²) in [4.78, 5) is 12.2. The monoisotopic (exact) mass is 289 g/mol. The van der Waals surface area contributed by atoms with Crippen LogP contribution in [0.15, 0.2) is 24.3 Å². The molecule has 2 heterocycles. The van der Waals surface area contributed by atoms with Crippen LogP contribution in [0.4, 0.5) is 0 Å². The predicted octanol–water partition coefficient (Wildman–Crippen LogP) is 1.94. The zero-order chi connectivity index (χ0) is 11.5. The van der Waals surface area contributed by atoms with Gasteiger partial charge in [-0.15, -0.1) is 0 Å². The molecule has 2 aliphatic heterocycles. The second-order valence-electron chi connectivity index (χ2n) is 3.79. The van der Waals surface area contributed by atoms with Gasteiger partial charge in [0.1, 0.15) is 5.75 Å². The minimum atomic E-state index is 0.446. The van der Waals surface area contributed by atoms with Gasteiger partial charge in [-0.05, 0) is 17.7 Å². The third-order valence-electron chi connectivity index (χ3n) is 2.43. The quantitative estimate of drug-likeness (QED) is 0.655. The van der Waals surface area contributed by atoms with Crippen LogP contribution in [-0.2, 0) is 11.2 Å². The van der Waals surface area contributed by atoms with E-state index < -0.39 is 0 Å². The largest absolute Gasteiger partial charge is 0.397 e. The van der Waals surface area contributed by atoms with Crippen LogP contribution in [0, 0.1) is 0 Å². The SMILES string of the molecule is c1cc(ON2PNPNP2)ccc1CC1CO1. The number of benzene rings is 1. The fourth-order valence-electron chi connectivity index (χ4n) is 1.50. The normalized spacial score (nSPS) is 28.8. The van der Waals surface area contributed by atoms with Crippen LogP contribution in [0.25, 0.3) is 0 Å². The third-order valence-corrected chi connectivity index (χ3v) is 5.58. The van der Waals surface area contributed by atoms with Crippen molar-refractivity contribution in [2.75, 3.05) is 6.61 Å². The Morgan fingerprint density at radius 2 is 2.00 bits per heavy atom. The van der Waals surface area contributed by atoms with Crippen LogP contribution in [0.3, 0.4) is 0 Å². The number of nitrogens with zero attached hydrogens (tertiary/aromatic N) is 1. The van der Waals surface area contributed by atoms with Crippen LogP contribution in [0.5, 0.6) is 5.75 Å². The summed E-state index contributed by atoms with van der Waals surface area (Å²) in [5.41, 5.74) is 1.31. The maximum atomic E-state index is 5.74. The van der Waals surface area contributed by atoms with Crippen molar-refractivity contribution in [3.8, 4) is 5.75 Å². The molecule has 17 heavy (non-hydrogen) atoms. The lowest BCUT2D eigenvalue weighted by Crippen LogP contribution is -2.19. The van der Waals surface area contributed by atoms with E-state index in [2.05, 4.69) is 21.8 Å². The van der Waals surface area contributed by atoms with E-state index >= 15 is 0 Å². The molecule has 1 aromatic carbocycles. The van der Waals surface area contributed by atoms with E-state index in [4.69, 9.17) is 9.57 Å². The predicted molar refractivity (Wildman–Crippen MR) is 73.6 cm³/mol. The average molecular weight is 289 g/mol. The van der Waals surface area contributed by atoms with Crippen LogP contribution in [-0.4, -0.2) is 17.3 Å². The lowest BCUT2D eigenvalue weighted by Gasteiger charge is -2.26. The summed E-state index contributed by atoms with van der Waals surface area (Å²) < 4.78 is 7.12. The lowest BCUT2D eigenvalue weighted by atomic mass is 10.1. The molecule has 3 atom stereocenters. The molecule has 2 fully saturated rings. The Labute approximate surface area is 106 Å². The summed E-state index contributed by atoms with van der Waals surface area (Å²) in [5, 5.41) is 0. The van der Waals surface area contributed by atoms with Crippen molar-refractivity contribution in [1.82, 2.24) is 14.3 Å². The molecule has 0 amide bonds. The summed E-state index contributed by atoms with van der Waals surface area (Å²) in [6.45, 7) is 0.909. The molecule has 5 nitrogen and oxygen atoms in total. The number of hydrogen-bond acceptors (Lipinski definition) is 5. The Balaban J connectivity index is 1.55. The van der Waals surface area contributed by atoms with Gasteiger partial charge in [-0.25, -0.2) is 0 Å². The number of hydrogen-bond donors (Lipinski definition) is 2. The highest BCUT2D eigenvalue weighted by molar-refractivity contribution is 7.65. The standard InChI is InChI=1S/C9H14N3O2P3/c1-3-8(14-12-16-10-15-11-17-12)4-2-7(1)5-9-6-13-9/h1-4,9-11,15-17H,5-6H2. The van der Waals surface area contributed by atoms with Crippen molar-refractivity contribution in [3.05, 3.63) is 29.8 Å². The Kier molecular flexibility index (Phi) is 4.20. The molecule has 8 heteroatoms. The van der Waals surface area contributed by atoms with E-state index in [1.165, 1.54) is 5.56 Å². The Bertz CT molecular complexity index is 368. The van der Waals surface area contributed by atoms with Crippen molar-refractivity contribution in [2.24, 2.45) is 0 Å². The van der Waals surface area contributed by atoms with Crippen LogP contribution in [0.2, 0.25) is 0 Å². The molecule has 0 radical (unpaired) electrons. The Morgan fingerprint density at radius 1 is 1.29 bits per heavy atom. The van der Waals surface area contributed by atoms with Crippen LogP contribution >= 0.6 is 26.6 Å². The van der Waals surface area contributed by atoms with Crippen LogP contribution < -0.4 is 14.6 Å². The van der Waals surface area contributed by atoms with E-state index in [0.29, 0.717) is 32.8 Å². The molecule has 0 bridgehead atoms. The molecule has 0 saturated carbocycles. The highest BCUT2D eigenvalue weighted by Gasteiger charge is 2.22. The third kappa shape index (κ3) is 3.81. The molecule has 0 spiro atoms. The highest BCUT2D eigenvalue weighted by Crippen LogP contribution is 2.37. The molecular weight excluding hydrogens is 275 g/mol. The van der Waals surface area contributed by atoms with Gasteiger partial charge in [-0.2, -0.15) is 0 Å². The minimum absolute atomic E-state index is 0.446. The first-order valence-electron chi connectivity index (χ1n) is 5.35. The fourth-order valence-corrected chi connectivity index (χ4v) is 5.11. The summed E-state index contributed by atoms with van der Waals surface area (Å²) in [5.74, 6) is 0.888. The fraction of sp³-hybridized carbons (Fsp3) is 0.333. The summed E-state index contributed by atoms with van der Waals surface area (Å²) in [6.07, 6.45) is 1.46. The summed E-state index contributed by atoms with van der Waals surface area (Å²) in [7, 11) is 1.69. The number of ether oxygens (including phenoxy) is 1. The van der Waals surface area contributed by atoms with E-state index in [0.717, 1.165) is 18.8 Å². The Hall–Kier alpha value is 0.150. The highest BCUT2D eigenvalue weighted by atomic mass is 31.2. The second-order valence-corrected chi connectivity index (χ2v) is 7.74. The van der Waals surface area contributed by atoms with Gasteiger partial charge in [0.15, 0.2) is 0 Å². The number of nitrogens with one attached hydrogen (secondary N) is 2. The zero-order valence-corrected chi connectivity index (χ0v) is 12.1. The minimum Gasteiger partial charge on any atom is -0.397 e. The van der Waals surface area contributed by atoms with Gasteiger partial charge >= 0.3 is 0 Å². The summed E-state index contributed by atoms with van der Waals surface area (Å²) in [6, 6.07) is 8.25. The average Bonchev–Trinajstić information content (AvgIpc) is 3.17. The van der Waals surface area contributed by atoms with Gasteiger partial charge in [0.25, 0.3) is 0 Å². The molecule has 0 aromatic heterocycles. The second kappa shape index (κ2) is 5.86. The molecule has 2 saturated heterocycles. The van der Waals surface area contributed by atoms with Gasteiger partial charge in [0.2, 0.25) is 0 Å². The van der Waals surface area contributed by atoms with E-state index in [1.807, 2.05) is 16.7 Å². The first kappa shape index (κ1) is 12.2. The van der Waals surface area contributed by atoms with Gasteiger partial charge in [-0.1, -0.05) is 16.7 Å². The number of rotatable bonds is 4. The zero-order valence-electron chi connectivity index (χ0n) is 9.06. The molecule has 3 rings (SSSR count). The van der Waals surface area contributed by atoms with Gasteiger partial charge in [-0.3, -0.25) is 9.72 Å². The van der Waals surface area contributed by atoms with Gasteiger partial charge in [0, 0.05) is 15.3 Å². The molecule has 1 aromatic rings.